The zero-order valence-electron chi connectivity index (χ0n) is 13.4. The predicted molar refractivity (Wildman–Crippen MR) is 95.4 cm³/mol. The Balaban J connectivity index is 2.61. The Kier molecular flexibility index (Phi) is 7.61. The number of benzene rings is 1. The zero-order chi connectivity index (χ0) is 14.8. The number of hydrogen-bond donors (Lipinski definition) is 0. The van der Waals surface area contributed by atoms with E-state index < -0.39 is 8.07 Å². The molecule has 0 aliphatic carbocycles. The summed E-state index contributed by atoms with van der Waals surface area (Å²) in [5, 5.41) is 1.51. The van der Waals surface area contributed by atoms with Crippen molar-refractivity contribution < 1.29 is 0 Å². The normalized spacial score (nSPS) is 13.6. The third-order valence-electron chi connectivity index (χ3n) is 4.17. The SMILES string of the molecule is C=C[C@H](/C=C/CCCCCC)[Si](C)(C)c1ccccc1. The summed E-state index contributed by atoms with van der Waals surface area (Å²) in [5.74, 6) is 0. The maximum atomic E-state index is 4.06. The van der Waals surface area contributed by atoms with Crippen LogP contribution in [0.4, 0.5) is 0 Å². The first kappa shape index (κ1) is 17.0. The highest BCUT2D eigenvalue weighted by molar-refractivity contribution is 6.91. The summed E-state index contributed by atoms with van der Waals surface area (Å²) in [4.78, 5) is 0. The molecule has 20 heavy (non-hydrogen) atoms. The van der Waals surface area contributed by atoms with E-state index in [4.69, 9.17) is 0 Å². The van der Waals surface area contributed by atoms with E-state index in [-0.39, 0.29) is 0 Å². The van der Waals surface area contributed by atoms with Crippen LogP contribution in [0.2, 0.25) is 18.6 Å². The molecule has 0 unspecified atom stereocenters. The molecule has 0 fully saturated rings. The standard InChI is InChI=1S/C19H30Si/c1-5-7-8-9-10-12-15-18(6-2)20(3,4)19-16-13-11-14-17-19/h6,11-18H,2,5,7-10H2,1,3-4H3/b15-12+/t18-/m1/s1. The lowest BCUT2D eigenvalue weighted by Crippen LogP contribution is -2.44. The number of hydrogen-bond acceptors (Lipinski definition) is 0. The van der Waals surface area contributed by atoms with Gasteiger partial charge in [-0.1, -0.05) is 93.0 Å². The van der Waals surface area contributed by atoms with Gasteiger partial charge < -0.3 is 0 Å². The van der Waals surface area contributed by atoms with E-state index in [0.29, 0.717) is 5.54 Å². The number of allylic oxidation sites excluding steroid dienone is 3. The monoisotopic (exact) mass is 286 g/mol. The van der Waals surface area contributed by atoms with E-state index in [0.717, 1.165) is 0 Å². The Labute approximate surface area is 126 Å². The lowest BCUT2D eigenvalue weighted by Gasteiger charge is -2.28. The van der Waals surface area contributed by atoms with Crippen LogP contribution in [0.25, 0.3) is 0 Å². The van der Waals surface area contributed by atoms with Gasteiger partial charge in [-0.05, 0) is 18.4 Å². The van der Waals surface area contributed by atoms with Gasteiger partial charge in [-0.2, -0.15) is 0 Å². The molecule has 0 spiro atoms. The van der Waals surface area contributed by atoms with Crippen molar-refractivity contribution in [3.63, 3.8) is 0 Å². The molecule has 0 aliphatic rings. The van der Waals surface area contributed by atoms with Crippen molar-refractivity contribution in [1.82, 2.24) is 0 Å². The van der Waals surface area contributed by atoms with Crippen LogP contribution in [0.3, 0.4) is 0 Å². The van der Waals surface area contributed by atoms with Crippen molar-refractivity contribution >= 4 is 13.3 Å². The molecule has 0 bridgehead atoms. The van der Waals surface area contributed by atoms with Crippen LogP contribution in [0.15, 0.2) is 55.1 Å². The second kappa shape index (κ2) is 8.96. The van der Waals surface area contributed by atoms with Gasteiger partial charge in [0.25, 0.3) is 0 Å². The van der Waals surface area contributed by atoms with E-state index in [2.05, 4.69) is 75.2 Å². The van der Waals surface area contributed by atoms with Crippen molar-refractivity contribution in [2.75, 3.05) is 0 Å². The maximum absolute atomic E-state index is 4.06. The molecule has 0 aliphatic heterocycles. The van der Waals surface area contributed by atoms with Crippen molar-refractivity contribution in [2.24, 2.45) is 0 Å². The molecule has 0 nitrogen and oxygen atoms in total. The minimum absolute atomic E-state index is 0.524. The van der Waals surface area contributed by atoms with Gasteiger partial charge in [-0.3, -0.25) is 0 Å². The molecule has 1 aromatic rings. The summed E-state index contributed by atoms with van der Waals surface area (Å²) >= 11 is 0. The summed E-state index contributed by atoms with van der Waals surface area (Å²) in [6, 6.07) is 11.0. The first-order chi connectivity index (χ1) is 9.62. The van der Waals surface area contributed by atoms with Gasteiger partial charge in [0.05, 0.1) is 8.07 Å². The molecule has 0 saturated heterocycles. The second-order valence-corrected chi connectivity index (χ2v) is 10.8. The van der Waals surface area contributed by atoms with E-state index in [9.17, 15) is 0 Å². The quantitative estimate of drug-likeness (QED) is 0.311. The highest BCUT2D eigenvalue weighted by Gasteiger charge is 2.29. The van der Waals surface area contributed by atoms with E-state index in [1.807, 2.05) is 0 Å². The first-order valence-corrected chi connectivity index (χ1v) is 11.1. The Morgan fingerprint density at radius 1 is 1.10 bits per heavy atom. The molecular formula is C19H30Si. The van der Waals surface area contributed by atoms with Gasteiger partial charge in [-0.25, -0.2) is 0 Å². The maximum Gasteiger partial charge on any atom is 0.0911 e. The Bertz CT molecular complexity index is 403. The molecule has 0 saturated carbocycles. The highest BCUT2D eigenvalue weighted by atomic mass is 28.3. The summed E-state index contributed by atoms with van der Waals surface area (Å²) in [7, 11) is -1.49. The van der Waals surface area contributed by atoms with E-state index in [1.54, 1.807) is 0 Å². The topological polar surface area (TPSA) is 0 Å². The molecule has 0 heterocycles. The van der Waals surface area contributed by atoms with Crippen LogP contribution in [0, 0.1) is 0 Å². The van der Waals surface area contributed by atoms with Crippen LogP contribution < -0.4 is 5.19 Å². The molecule has 0 amide bonds. The molecule has 110 valence electrons. The van der Waals surface area contributed by atoms with Crippen molar-refractivity contribution in [3.05, 3.63) is 55.1 Å². The third-order valence-corrected chi connectivity index (χ3v) is 8.09. The van der Waals surface area contributed by atoms with Gasteiger partial charge in [0.2, 0.25) is 0 Å². The molecule has 0 N–H and O–H groups in total. The molecular weight excluding hydrogens is 256 g/mol. The van der Waals surface area contributed by atoms with E-state index in [1.165, 1.54) is 37.3 Å². The van der Waals surface area contributed by atoms with Gasteiger partial charge in [0.15, 0.2) is 0 Å². The Hall–Kier alpha value is -1.08. The van der Waals surface area contributed by atoms with Gasteiger partial charge in [-0.15, -0.1) is 6.58 Å². The Morgan fingerprint density at radius 2 is 1.80 bits per heavy atom. The summed E-state index contributed by atoms with van der Waals surface area (Å²) in [6.45, 7) is 11.2. The van der Waals surface area contributed by atoms with Crippen molar-refractivity contribution in [1.29, 1.82) is 0 Å². The molecule has 1 atom stereocenters. The Morgan fingerprint density at radius 3 is 2.40 bits per heavy atom. The third kappa shape index (κ3) is 5.13. The molecule has 0 radical (unpaired) electrons. The summed E-state index contributed by atoms with van der Waals surface area (Å²) in [6.07, 6.45) is 13.5. The van der Waals surface area contributed by atoms with Gasteiger partial charge >= 0.3 is 0 Å². The van der Waals surface area contributed by atoms with Gasteiger partial charge in [0, 0.05) is 0 Å². The van der Waals surface area contributed by atoms with Crippen LogP contribution in [0.1, 0.15) is 39.0 Å². The minimum Gasteiger partial charge on any atom is -0.103 e. The molecule has 0 aromatic heterocycles. The fourth-order valence-corrected chi connectivity index (χ4v) is 5.25. The summed E-state index contributed by atoms with van der Waals surface area (Å²) < 4.78 is 0. The van der Waals surface area contributed by atoms with Crippen LogP contribution >= 0.6 is 0 Å². The zero-order valence-corrected chi connectivity index (χ0v) is 14.4. The minimum atomic E-state index is -1.49. The van der Waals surface area contributed by atoms with Crippen LogP contribution in [-0.4, -0.2) is 8.07 Å². The largest absolute Gasteiger partial charge is 0.103 e. The van der Waals surface area contributed by atoms with Crippen molar-refractivity contribution in [2.45, 2.75) is 57.7 Å². The number of unbranched alkanes of at least 4 members (excludes halogenated alkanes) is 4. The summed E-state index contributed by atoms with van der Waals surface area (Å²) in [5.41, 5.74) is 0.524. The van der Waals surface area contributed by atoms with Crippen LogP contribution in [-0.2, 0) is 0 Å². The molecule has 1 aromatic carbocycles. The fourth-order valence-electron chi connectivity index (χ4n) is 2.61. The average Bonchev–Trinajstić information content (AvgIpc) is 2.47. The van der Waals surface area contributed by atoms with E-state index >= 15 is 0 Å². The molecule has 1 rings (SSSR count). The fraction of sp³-hybridized carbons (Fsp3) is 0.474. The number of rotatable bonds is 9. The van der Waals surface area contributed by atoms with Gasteiger partial charge in [0.1, 0.15) is 0 Å². The second-order valence-electron chi connectivity index (χ2n) is 6.13. The average molecular weight is 287 g/mol. The van der Waals surface area contributed by atoms with Crippen LogP contribution in [0.5, 0.6) is 0 Å². The van der Waals surface area contributed by atoms with Crippen molar-refractivity contribution in [3.8, 4) is 0 Å². The highest BCUT2D eigenvalue weighted by Crippen LogP contribution is 2.25. The smallest absolute Gasteiger partial charge is 0.0911 e. The lowest BCUT2D eigenvalue weighted by atomic mass is 10.1. The molecule has 1 heteroatoms. The lowest BCUT2D eigenvalue weighted by molar-refractivity contribution is 0.674. The predicted octanol–water partition coefficient (Wildman–Crippen LogP) is 5.68. The first-order valence-electron chi connectivity index (χ1n) is 7.97.